The number of ether oxygens (including phenoxy) is 1. The van der Waals surface area contributed by atoms with Crippen LogP contribution >= 0.6 is 23.1 Å². The molecule has 0 bridgehead atoms. The Balaban J connectivity index is 1.39. The highest BCUT2D eigenvalue weighted by Gasteiger charge is 2.32. The summed E-state index contributed by atoms with van der Waals surface area (Å²) >= 11 is 2.70. The van der Waals surface area contributed by atoms with Crippen LogP contribution in [0.5, 0.6) is 5.75 Å². The van der Waals surface area contributed by atoms with Crippen LogP contribution in [0.2, 0.25) is 0 Å². The molecule has 2 aromatic heterocycles. The Labute approximate surface area is 223 Å². The third-order valence-corrected chi connectivity index (χ3v) is 8.81. The molecular weight excluding hydrogens is 516 g/mol. The fourth-order valence-corrected chi connectivity index (χ4v) is 6.46. The van der Waals surface area contributed by atoms with Crippen LogP contribution in [0, 0.1) is 34.3 Å². The molecule has 0 fully saturated rings. The van der Waals surface area contributed by atoms with E-state index in [-0.39, 0.29) is 22.8 Å². The highest BCUT2D eigenvalue weighted by atomic mass is 32.2. The van der Waals surface area contributed by atoms with Crippen LogP contribution in [0.25, 0.3) is 0 Å². The van der Waals surface area contributed by atoms with Crippen molar-refractivity contribution in [1.29, 1.82) is 5.26 Å². The number of hydrogen-bond acceptors (Lipinski definition) is 7. The van der Waals surface area contributed by atoms with E-state index in [1.165, 1.54) is 34.0 Å². The Kier molecular flexibility index (Phi) is 7.90. The number of rotatable bonds is 7. The molecule has 1 aromatic carbocycles. The van der Waals surface area contributed by atoms with Crippen LogP contribution < -0.4 is 10.1 Å². The van der Waals surface area contributed by atoms with Crippen molar-refractivity contribution in [1.82, 2.24) is 14.8 Å². The molecule has 7 nitrogen and oxygen atoms in total. The topological polar surface area (TPSA) is 92.8 Å². The van der Waals surface area contributed by atoms with Crippen molar-refractivity contribution in [2.75, 3.05) is 11.1 Å². The molecule has 0 aliphatic heterocycles. The zero-order valence-corrected chi connectivity index (χ0v) is 23.0. The summed E-state index contributed by atoms with van der Waals surface area (Å²) < 4.78 is 34.4. The zero-order valence-electron chi connectivity index (χ0n) is 21.4. The van der Waals surface area contributed by atoms with Crippen LogP contribution in [0.1, 0.15) is 62.0 Å². The molecule has 37 heavy (non-hydrogen) atoms. The number of fused-ring (bicyclic) bond motifs is 1. The van der Waals surface area contributed by atoms with Gasteiger partial charge in [0, 0.05) is 18.0 Å². The Hall–Kier alpha value is -2.97. The van der Waals surface area contributed by atoms with Crippen molar-refractivity contribution in [2.45, 2.75) is 58.2 Å². The second-order valence-electron chi connectivity index (χ2n) is 10.2. The van der Waals surface area contributed by atoms with E-state index in [0.717, 1.165) is 37.0 Å². The van der Waals surface area contributed by atoms with Gasteiger partial charge in [0.2, 0.25) is 5.91 Å². The summed E-state index contributed by atoms with van der Waals surface area (Å²) in [5, 5.41) is 22.0. The van der Waals surface area contributed by atoms with E-state index >= 15 is 0 Å². The molecule has 4 rings (SSSR count). The van der Waals surface area contributed by atoms with Crippen LogP contribution in [0.15, 0.2) is 23.4 Å². The van der Waals surface area contributed by atoms with Crippen molar-refractivity contribution in [3.05, 3.63) is 51.7 Å². The molecule has 1 N–H and O–H groups in total. The third kappa shape index (κ3) is 5.96. The lowest BCUT2D eigenvalue weighted by Crippen LogP contribution is -2.26. The quantitative estimate of drug-likeness (QED) is 0.364. The van der Waals surface area contributed by atoms with Gasteiger partial charge in [0.15, 0.2) is 28.7 Å². The fourth-order valence-electron chi connectivity index (χ4n) is 4.44. The summed E-state index contributed by atoms with van der Waals surface area (Å²) in [6.45, 7) is 8.41. The van der Waals surface area contributed by atoms with E-state index in [0.29, 0.717) is 27.5 Å². The van der Waals surface area contributed by atoms with Gasteiger partial charge in [-0.15, -0.1) is 21.5 Å². The standard InChI is InChI=1S/C26H29F2N5O2S2/c1-14(35-20-9-7-16(27)11-19(20)28)23-31-32-25(33(23)5)36-13-22(34)30-24-18(12-29)17-8-6-15(26(2,3)4)10-21(17)37-24/h7,9,11,14-15H,6,8,10,13H2,1-5H3,(H,30,34). The number of carbonyl (C=O) groups is 1. The average molecular weight is 546 g/mol. The van der Waals surface area contributed by atoms with E-state index in [9.17, 15) is 18.8 Å². The van der Waals surface area contributed by atoms with Crippen LogP contribution in [-0.2, 0) is 24.7 Å². The van der Waals surface area contributed by atoms with E-state index in [4.69, 9.17) is 4.74 Å². The highest BCUT2D eigenvalue weighted by Crippen LogP contribution is 2.44. The first-order valence-corrected chi connectivity index (χ1v) is 13.8. The number of halogens is 2. The third-order valence-electron chi connectivity index (χ3n) is 6.62. The number of anilines is 1. The number of nitrogens with zero attached hydrogens (tertiary/aromatic N) is 4. The molecule has 1 aliphatic rings. The predicted molar refractivity (Wildman–Crippen MR) is 140 cm³/mol. The molecule has 2 unspecified atom stereocenters. The number of aromatic nitrogens is 3. The van der Waals surface area contributed by atoms with Gasteiger partial charge >= 0.3 is 0 Å². The monoisotopic (exact) mass is 545 g/mol. The number of benzene rings is 1. The van der Waals surface area contributed by atoms with Crippen molar-refractivity contribution < 1.29 is 18.3 Å². The van der Waals surface area contributed by atoms with Crippen molar-refractivity contribution in [3.8, 4) is 11.8 Å². The van der Waals surface area contributed by atoms with Gasteiger partial charge in [-0.2, -0.15) is 5.26 Å². The smallest absolute Gasteiger partial charge is 0.235 e. The van der Waals surface area contributed by atoms with Crippen molar-refractivity contribution in [2.24, 2.45) is 18.4 Å². The SMILES string of the molecule is CC(Oc1ccc(F)cc1F)c1nnc(SCC(=O)Nc2sc3c(c2C#N)CCC(C(C)(C)C)C3)n1C. The number of thioether (sulfide) groups is 1. The first kappa shape index (κ1) is 27.1. The minimum absolute atomic E-state index is 0.0753. The fraction of sp³-hybridized carbons (Fsp3) is 0.462. The molecule has 1 amide bonds. The van der Waals surface area contributed by atoms with Crippen LogP contribution in [0.4, 0.5) is 13.8 Å². The largest absolute Gasteiger partial charge is 0.480 e. The van der Waals surface area contributed by atoms with Gasteiger partial charge in [-0.05, 0) is 55.2 Å². The summed E-state index contributed by atoms with van der Waals surface area (Å²) in [6.07, 6.45) is 2.15. The Morgan fingerprint density at radius 1 is 1.38 bits per heavy atom. The van der Waals surface area contributed by atoms with Crippen LogP contribution in [0.3, 0.4) is 0 Å². The van der Waals surface area contributed by atoms with Gasteiger partial charge < -0.3 is 14.6 Å². The summed E-state index contributed by atoms with van der Waals surface area (Å²) in [5.74, 6) is -0.779. The molecule has 2 heterocycles. The maximum Gasteiger partial charge on any atom is 0.235 e. The van der Waals surface area contributed by atoms with Gasteiger partial charge in [-0.3, -0.25) is 4.79 Å². The minimum Gasteiger partial charge on any atom is -0.480 e. The number of nitriles is 1. The summed E-state index contributed by atoms with van der Waals surface area (Å²) in [6, 6.07) is 5.38. The zero-order chi connectivity index (χ0) is 26.9. The Bertz CT molecular complexity index is 1360. The van der Waals surface area contributed by atoms with Gasteiger partial charge in [-0.25, -0.2) is 8.78 Å². The predicted octanol–water partition coefficient (Wildman–Crippen LogP) is 6.05. The van der Waals surface area contributed by atoms with Gasteiger partial charge in [0.25, 0.3) is 0 Å². The van der Waals surface area contributed by atoms with E-state index in [1.54, 1.807) is 18.5 Å². The first-order valence-electron chi connectivity index (χ1n) is 12.0. The van der Waals surface area contributed by atoms with Gasteiger partial charge in [0.1, 0.15) is 16.9 Å². The minimum atomic E-state index is -0.804. The second-order valence-corrected chi connectivity index (χ2v) is 12.2. The number of nitrogens with one attached hydrogen (secondary N) is 1. The molecule has 0 spiro atoms. The van der Waals surface area contributed by atoms with Crippen LogP contribution in [-0.4, -0.2) is 26.4 Å². The maximum atomic E-state index is 13.9. The normalized spacial score (nSPS) is 16.1. The van der Waals surface area contributed by atoms with E-state index in [1.807, 2.05) is 0 Å². The molecule has 1 aliphatic carbocycles. The lowest BCUT2D eigenvalue weighted by atomic mass is 9.72. The van der Waals surface area contributed by atoms with Crippen molar-refractivity contribution >= 4 is 34.0 Å². The Morgan fingerprint density at radius 3 is 2.81 bits per heavy atom. The molecular formula is C26H29F2N5O2S2. The molecule has 0 saturated heterocycles. The Morgan fingerprint density at radius 2 is 2.14 bits per heavy atom. The number of hydrogen-bond donors (Lipinski definition) is 1. The molecule has 2 atom stereocenters. The maximum absolute atomic E-state index is 13.9. The average Bonchev–Trinajstić information content (AvgIpc) is 3.37. The lowest BCUT2D eigenvalue weighted by molar-refractivity contribution is -0.113. The highest BCUT2D eigenvalue weighted by molar-refractivity contribution is 7.99. The van der Waals surface area contributed by atoms with Gasteiger partial charge in [-0.1, -0.05) is 32.5 Å². The number of thiophene rings is 1. The van der Waals surface area contributed by atoms with E-state index < -0.39 is 17.7 Å². The number of carbonyl (C=O) groups excluding carboxylic acids is 1. The lowest BCUT2D eigenvalue weighted by Gasteiger charge is -2.33. The second kappa shape index (κ2) is 10.8. The summed E-state index contributed by atoms with van der Waals surface area (Å²) in [5.41, 5.74) is 1.84. The summed E-state index contributed by atoms with van der Waals surface area (Å²) in [4.78, 5) is 13.9. The molecule has 0 radical (unpaired) electrons. The summed E-state index contributed by atoms with van der Waals surface area (Å²) in [7, 11) is 1.73. The molecule has 3 aromatic rings. The van der Waals surface area contributed by atoms with Crippen molar-refractivity contribution in [3.63, 3.8) is 0 Å². The molecule has 196 valence electrons. The first-order chi connectivity index (χ1) is 17.5. The number of amides is 1. The van der Waals surface area contributed by atoms with Gasteiger partial charge in [0.05, 0.1) is 11.3 Å². The molecule has 0 saturated carbocycles. The molecule has 11 heteroatoms. The van der Waals surface area contributed by atoms with E-state index in [2.05, 4.69) is 42.4 Å².